The lowest BCUT2D eigenvalue weighted by Gasteiger charge is -2.23. The van der Waals surface area contributed by atoms with Gasteiger partial charge in [-0.05, 0) is 75.5 Å². The van der Waals surface area contributed by atoms with E-state index in [2.05, 4.69) is 22.9 Å². The molecule has 0 aliphatic carbocycles. The lowest BCUT2D eigenvalue weighted by Crippen LogP contribution is -2.45. The van der Waals surface area contributed by atoms with Crippen LogP contribution in [0.4, 0.5) is 5.69 Å². The first kappa shape index (κ1) is 32.7. The highest BCUT2D eigenvalue weighted by atomic mass is 16.5. The molecule has 0 aromatic heterocycles. The van der Waals surface area contributed by atoms with Crippen molar-refractivity contribution < 1.29 is 23.9 Å². The monoisotopic (exact) mass is 630 g/mol. The number of carbonyl (C=O) groups is 4. The number of primary amides is 1. The SMILES string of the molecule is CCCCOc1ccc(NC(=O)CCC(=O)N[C@H](C(=O)N[C@H](C(N)=O)c2ccc3ccccc3c2)c2ccc3ccccc3c2)cc1. The Bertz CT molecular complexity index is 1890. The van der Waals surface area contributed by atoms with Crippen molar-refractivity contribution in [2.75, 3.05) is 11.9 Å². The van der Waals surface area contributed by atoms with Gasteiger partial charge in [0.05, 0.1) is 6.61 Å². The van der Waals surface area contributed by atoms with Gasteiger partial charge in [0, 0.05) is 18.5 Å². The number of rotatable bonds is 14. The topological polar surface area (TPSA) is 140 Å². The molecular weight excluding hydrogens is 592 g/mol. The third kappa shape index (κ3) is 8.73. The lowest BCUT2D eigenvalue weighted by atomic mass is 9.98. The van der Waals surface area contributed by atoms with Gasteiger partial charge in [0.25, 0.3) is 0 Å². The summed E-state index contributed by atoms with van der Waals surface area (Å²) in [6.45, 7) is 2.72. The van der Waals surface area contributed by atoms with Gasteiger partial charge in [0.2, 0.25) is 23.6 Å². The molecule has 2 atom stereocenters. The van der Waals surface area contributed by atoms with Crippen LogP contribution in [0, 0.1) is 0 Å². The molecule has 0 bridgehead atoms. The van der Waals surface area contributed by atoms with Gasteiger partial charge in [-0.1, -0.05) is 86.1 Å². The summed E-state index contributed by atoms with van der Waals surface area (Å²) < 4.78 is 5.66. The van der Waals surface area contributed by atoms with E-state index in [-0.39, 0.29) is 18.7 Å². The molecule has 5 N–H and O–H groups in total. The molecule has 0 unspecified atom stereocenters. The Morgan fingerprint density at radius 1 is 0.660 bits per heavy atom. The van der Waals surface area contributed by atoms with Crippen molar-refractivity contribution in [1.82, 2.24) is 10.6 Å². The Kier molecular flexibility index (Phi) is 10.8. The molecule has 4 amide bonds. The molecule has 240 valence electrons. The summed E-state index contributed by atoms with van der Waals surface area (Å²) >= 11 is 0. The highest BCUT2D eigenvalue weighted by molar-refractivity contribution is 5.96. The van der Waals surface area contributed by atoms with E-state index in [4.69, 9.17) is 10.5 Å². The molecule has 0 fully saturated rings. The van der Waals surface area contributed by atoms with Gasteiger partial charge < -0.3 is 26.4 Å². The van der Waals surface area contributed by atoms with E-state index in [0.717, 1.165) is 34.4 Å². The predicted octanol–water partition coefficient (Wildman–Crippen LogP) is 6.09. The van der Waals surface area contributed by atoms with E-state index < -0.39 is 29.8 Å². The fourth-order valence-corrected chi connectivity index (χ4v) is 5.27. The van der Waals surface area contributed by atoms with Crippen molar-refractivity contribution in [2.24, 2.45) is 5.73 Å². The van der Waals surface area contributed by atoms with Crippen molar-refractivity contribution in [3.05, 3.63) is 120 Å². The van der Waals surface area contributed by atoms with E-state index in [1.807, 2.05) is 66.7 Å². The molecule has 0 aliphatic heterocycles. The van der Waals surface area contributed by atoms with Gasteiger partial charge in [-0.15, -0.1) is 0 Å². The van der Waals surface area contributed by atoms with E-state index in [0.29, 0.717) is 29.2 Å². The Hall–Kier alpha value is -5.70. The smallest absolute Gasteiger partial charge is 0.248 e. The molecule has 5 aromatic carbocycles. The maximum atomic E-state index is 13.8. The number of benzene rings is 5. The third-order valence-corrected chi connectivity index (χ3v) is 7.84. The second-order valence-electron chi connectivity index (χ2n) is 11.3. The van der Waals surface area contributed by atoms with E-state index in [1.54, 1.807) is 42.5 Å². The summed E-state index contributed by atoms with van der Waals surface area (Å²) in [6.07, 6.45) is 1.73. The first-order chi connectivity index (χ1) is 22.8. The number of nitrogens with two attached hydrogens (primary N) is 1. The van der Waals surface area contributed by atoms with Gasteiger partial charge in [-0.3, -0.25) is 19.2 Å². The summed E-state index contributed by atoms with van der Waals surface area (Å²) in [5.74, 6) is -1.50. The predicted molar refractivity (Wildman–Crippen MR) is 184 cm³/mol. The molecule has 47 heavy (non-hydrogen) atoms. The number of hydrogen-bond donors (Lipinski definition) is 4. The largest absolute Gasteiger partial charge is 0.494 e. The average Bonchev–Trinajstić information content (AvgIpc) is 3.09. The number of carbonyl (C=O) groups excluding carboxylic acids is 4. The molecule has 5 aromatic rings. The van der Waals surface area contributed by atoms with Crippen molar-refractivity contribution in [1.29, 1.82) is 0 Å². The maximum absolute atomic E-state index is 13.8. The first-order valence-corrected chi connectivity index (χ1v) is 15.7. The number of fused-ring (bicyclic) bond motifs is 2. The van der Waals surface area contributed by atoms with Gasteiger partial charge in [0.1, 0.15) is 17.8 Å². The first-order valence-electron chi connectivity index (χ1n) is 15.7. The minimum atomic E-state index is -1.15. The zero-order chi connectivity index (χ0) is 33.2. The van der Waals surface area contributed by atoms with Crippen LogP contribution in [0.1, 0.15) is 55.8 Å². The molecule has 0 radical (unpaired) electrons. The summed E-state index contributed by atoms with van der Waals surface area (Å²) in [7, 11) is 0. The standard InChI is InChI=1S/C38H38N4O5/c1-2-3-22-47-32-18-16-31(17-19-32)40-33(43)20-21-34(44)41-36(30-15-13-26-9-5-7-11-28(26)24-30)38(46)42-35(37(39)45)29-14-12-25-8-4-6-10-27(25)23-29/h4-19,23-24,35-36H,2-3,20-22H2,1H3,(H2,39,45)(H,40,43)(H,41,44)(H,42,46)/t35-,36-/m0/s1. The molecule has 5 rings (SSSR count). The van der Waals surface area contributed by atoms with Gasteiger partial charge in [-0.25, -0.2) is 0 Å². The quantitative estimate of drug-likeness (QED) is 0.110. The molecule has 0 spiro atoms. The molecule has 9 nitrogen and oxygen atoms in total. The third-order valence-electron chi connectivity index (χ3n) is 7.84. The Morgan fingerprint density at radius 2 is 1.21 bits per heavy atom. The minimum absolute atomic E-state index is 0.104. The number of nitrogens with one attached hydrogen (secondary N) is 3. The van der Waals surface area contributed by atoms with Gasteiger partial charge in [0.15, 0.2) is 0 Å². The molecule has 9 heteroatoms. The summed E-state index contributed by atoms with van der Waals surface area (Å²) in [5, 5.41) is 12.0. The summed E-state index contributed by atoms with van der Waals surface area (Å²) in [5.41, 5.74) is 7.38. The lowest BCUT2D eigenvalue weighted by molar-refractivity contribution is -0.132. The van der Waals surface area contributed by atoms with E-state index >= 15 is 0 Å². The van der Waals surface area contributed by atoms with Crippen LogP contribution in [0.25, 0.3) is 21.5 Å². The van der Waals surface area contributed by atoms with Crippen molar-refractivity contribution >= 4 is 50.9 Å². The average molecular weight is 631 g/mol. The summed E-state index contributed by atoms with van der Waals surface area (Å²) in [6, 6.07) is 30.9. The van der Waals surface area contributed by atoms with E-state index in [9.17, 15) is 19.2 Å². The molecule has 0 heterocycles. The van der Waals surface area contributed by atoms with Gasteiger partial charge in [-0.2, -0.15) is 0 Å². The normalized spacial score (nSPS) is 12.2. The van der Waals surface area contributed by atoms with Crippen LogP contribution in [0.2, 0.25) is 0 Å². The van der Waals surface area contributed by atoms with E-state index in [1.165, 1.54) is 0 Å². The van der Waals surface area contributed by atoms with Gasteiger partial charge >= 0.3 is 0 Å². The van der Waals surface area contributed by atoms with Crippen LogP contribution in [0.3, 0.4) is 0 Å². The zero-order valence-corrected chi connectivity index (χ0v) is 26.2. The number of ether oxygens (including phenoxy) is 1. The second kappa shape index (κ2) is 15.5. The van der Waals surface area contributed by atoms with Crippen LogP contribution in [-0.2, 0) is 19.2 Å². The van der Waals surface area contributed by atoms with Crippen molar-refractivity contribution in [3.63, 3.8) is 0 Å². The molecule has 0 aliphatic rings. The number of hydrogen-bond acceptors (Lipinski definition) is 5. The fourth-order valence-electron chi connectivity index (χ4n) is 5.27. The van der Waals surface area contributed by atoms with Crippen LogP contribution >= 0.6 is 0 Å². The Balaban J connectivity index is 1.28. The number of amides is 4. The Labute approximate surface area is 273 Å². The minimum Gasteiger partial charge on any atom is -0.494 e. The molecule has 0 saturated carbocycles. The highest BCUT2D eigenvalue weighted by Gasteiger charge is 2.28. The highest BCUT2D eigenvalue weighted by Crippen LogP contribution is 2.24. The van der Waals surface area contributed by atoms with Crippen LogP contribution < -0.4 is 26.4 Å². The molecule has 0 saturated heterocycles. The van der Waals surface area contributed by atoms with Crippen molar-refractivity contribution in [2.45, 2.75) is 44.7 Å². The zero-order valence-electron chi connectivity index (χ0n) is 26.2. The second-order valence-corrected chi connectivity index (χ2v) is 11.3. The Morgan fingerprint density at radius 3 is 1.79 bits per heavy atom. The molecular formula is C38H38N4O5. The van der Waals surface area contributed by atoms with Crippen molar-refractivity contribution in [3.8, 4) is 5.75 Å². The fraction of sp³-hybridized carbons (Fsp3) is 0.211. The van der Waals surface area contributed by atoms with Crippen LogP contribution in [0.5, 0.6) is 5.75 Å². The summed E-state index contributed by atoms with van der Waals surface area (Å²) in [4.78, 5) is 52.3. The maximum Gasteiger partial charge on any atom is 0.248 e. The van der Waals surface area contributed by atoms with Crippen LogP contribution in [-0.4, -0.2) is 30.2 Å². The number of unbranched alkanes of at least 4 members (excludes halogenated alkanes) is 1. The number of anilines is 1. The van der Waals surface area contributed by atoms with Crippen LogP contribution in [0.15, 0.2) is 109 Å².